The van der Waals surface area contributed by atoms with Gasteiger partial charge < -0.3 is 18.8 Å². The van der Waals surface area contributed by atoms with Crippen molar-refractivity contribution in [2.75, 3.05) is 27.9 Å². The van der Waals surface area contributed by atoms with Crippen LogP contribution >= 0.6 is 11.3 Å². The van der Waals surface area contributed by atoms with Crippen molar-refractivity contribution in [2.24, 2.45) is 4.99 Å². The van der Waals surface area contributed by atoms with E-state index in [2.05, 4.69) is 22.1 Å². The van der Waals surface area contributed by atoms with E-state index in [4.69, 9.17) is 19.2 Å². The Morgan fingerprint density at radius 1 is 0.885 bits per heavy atom. The van der Waals surface area contributed by atoms with Crippen molar-refractivity contribution in [3.8, 4) is 22.8 Å². The lowest BCUT2D eigenvalue weighted by Gasteiger charge is -2.09. The summed E-state index contributed by atoms with van der Waals surface area (Å²) in [7, 11) is 5.04. The molecule has 2 aromatic carbocycles. The molecule has 0 aliphatic rings. The second-order valence-corrected chi connectivity index (χ2v) is 6.42. The maximum absolute atomic E-state index is 5.28. The van der Waals surface area contributed by atoms with E-state index in [1.54, 1.807) is 32.7 Å². The van der Waals surface area contributed by atoms with Crippen LogP contribution in [-0.4, -0.2) is 32.5 Å². The van der Waals surface area contributed by atoms with Crippen LogP contribution in [0.5, 0.6) is 11.5 Å². The maximum Gasteiger partial charge on any atom is 0.190 e. The summed E-state index contributed by atoms with van der Waals surface area (Å²) in [5, 5.41) is 2.12. The van der Waals surface area contributed by atoms with Gasteiger partial charge >= 0.3 is 0 Å². The first kappa shape index (κ1) is 18.2. The van der Waals surface area contributed by atoms with Crippen LogP contribution in [0.2, 0.25) is 0 Å². The van der Waals surface area contributed by atoms with Crippen LogP contribution < -0.4 is 14.3 Å². The zero-order chi connectivity index (χ0) is 18.4. The van der Waals surface area contributed by atoms with Crippen LogP contribution in [0.15, 0.2) is 58.9 Å². The van der Waals surface area contributed by atoms with E-state index in [1.807, 2.05) is 36.4 Å². The molecular weight excluding hydrogens is 348 g/mol. The highest BCUT2D eigenvalue weighted by Crippen LogP contribution is 2.24. The van der Waals surface area contributed by atoms with Crippen LogP contribution in [0.4, 0.5) is 5.69 Å². The average Bonchev–Trinajstić information content (AvgIpc) is 3.09. The van der Waals surface area contributed by atoms with Gasteiger partial charge in [-0.05, 0) is 54.1 Å². The fourth-order valence-electron chi connectivity index (χ4n) is 2.58. The van der Waals surface area contributed by atoms with E-state index in [0.717, 1.165) is 39.8 Å². The summed E-state index contributed by atoms with van der Waals surface area (Å²) < 4.78 is 17.9. The van der Waals surface area contributed by atoms with Gasteiger partial charge in [0, 0.05) is 19.0 Å². The summed E-state index contributed by atoms with van der Waals surface area (Å²) in [6.45, 7) is 1.35. The lowest BCUT2D eigenvalue weighted by molar-refractivity contribution is 0.187. The molecule has 0 aliphatic carbocycles. The van der Waals surface area contributed by atoms with Gasteiger partial charge in [0.25, 0.3) is 0 Å². The first-order valence-corrected chi connectivity index (χ1v) is 9.13. The molecule has 1 heterocycles. The molecule has 6 heteroatoms. The van der Waals surface area contributed by atoms with E-state index < -0.39 is 0 Å². The number of methoxy groups -OCH3 is 3. The lowest BCUT2D eigenvalue weighted by Crippen LogP contribution is -2.18. The number of benzene rings is 2. The Morgan fingerprint density at radius 2 is 1.50 bits per heavy atom. The summed E-state index contributed by atoms with van der Waals surface area (Å²) in [6, 6.07) is 15.8. The Balaban J connectivity index is 2.01. The molecule has 0 amide bonds. The molecule has 0 N–H and O–H groups in total. The second-order valence-electron chi connectivity index (χ2n) is 5.59. The van der Waals surface area contributed by atoms with Crippen LogP contribution in [-0.2, 0) is 11.3 Å². The minimum absolute atomic E-state index is 0.621. The fourth-order valence-corrected chi connectivity index (χ4v) is 3.53. The molecule has 0 saturated carbocycles. The summed E-state index contributed by atoms with van der Waals surface area (Å²) >= 11 is 1.61. The van der Waals surface area contributed by atoms with Crippen LogP contribution in [0.25, 0.3) is 11.3 Å². The Bertz CT molecular complexity index is 896. The van der Waals surface area contributed by atoms with Gasteiger partial charge in [-0.2, -0.15) is 0 Å². The van der Waals surface area contributed by atoms with Crippen molar-refractivity contribution in [1.29, 1.82) is 0 Å². The van der Waals surface area contributed by atoms with Crippen molar-refractivity contribution < 1.29 is 14.2 Å². The minimum Gasteiger partial charge on any atom is -0.497 e. The van der Waals surface area contributed by atoms with Crippen molar-refractivity contribution in [1.82, 2.24) is 4.57 Å². The first-order chi connectivity index (χ1) is 12.7. The molecule has 0 saturated heterocycles. The number of aromatic nitrogens is 1. The third-order valence-corrected chi connectivity index (χ3v) is 4.86. The lowest BCUT2D eigenvalue weighted by atomic mass is 10.1. The van der Waals surface area contributed by atoms with Gasteiger partial charge in [0.1, 0.15) is 11.5 Å². The number of hydrogen-bond acceptors (Lipinski definition) is 5. The number of rotatable bonds is 7. The standard InChI is InChI=1S/C20H22N2O3S/c1-23-13-12-22-19(15-4-8-17(24-2)9-5-15)14-26-20(22)21-16-6-10-18(25-3)11-7-16/h4-11,14H,12-13H2,1-3H3. The number of ether oxygens (including phenoxy) is 3. The van der Waals surface area contributed by atoms with Crippen molar-refractivity contribution in [3.63, 3.8) is 0 Å². The molecule has 5 nitrogen and oxygen atoms in total. The first-order valence-electron chi connectivity index (χ1n) is 8.25. The third-order valence-electron chi connectivity index (χ3n) is 4.00. The second kappa shape index (κ2) is 8.69. The van der Waals surface area contributed by atoms with Crippen molar-refractivity contribution >= 4 is 17.0 Å². The predicted octanol–water partition coefficient (Wildman–Crippen LogP) is 4.11. The highest BCUT2D eigenvalue weighted by Gasteiger charge is 2.08. The van der Waals surface area contributed by atoms with Crippen LogP contribution in [0.3, 0.4) is 0 Å². The van der Waals surface area contributed by atoms with E-state index in [0.29, 0.717) is 6.61 Å². The summed E-state index contributed by atoms with van der Waals surface area (Å²) in [4.78, 5) is 5.72. The molecule has 0 unspecified atom stereocenters. The number of nitrogens with zero attached hydrogens (tertiary/aromatic N) is 2. The predicted molar refractivity (Wildman–Crippen MR) is 104 cm³/mol. The molecular formula is C20H22N2O3S. The average molecular weight is 370 g/mol. The van der Waals surface area contributed by atoms with Gasteiger partial charge in [-0.1, -0.05) is 0 Å². The monoisotopic (exact) mass is 370 g/mol. The number of hydrogen-bond donors (Lipinski definition) is 0. The molecule has 0 bridgehead atoms. The van der Waals surface area contributed by atoms with E-state index in [1.165, 1.54) is 0 Å². The van der Waals surface area contributed by atoms with Crippen LogP contribution in [0.1, 0.15) is 0 Å². The summed E-state index contributed by atoms with van der Waals surface area (Å²) in [5.41, 5.74) is 3.12. The maximum atomic E-state index is 5.28. The smallest absolute Gasteiger partial charge is 0.190 e. The SMILES string of the molecule is COCCn1c(-c2ccc(OC)cc2)csc1=Nc1ccc(OC)cc1. The molecule has 3 rings (SSSR count). The quantitative estimate of drug-likeness (QED) is 0.629. The Labute approximate surface area is 157 Å². The normalized spacial score (nSPS) is 11.6. The molecule has 136 valence electrons. The zero-order valence-electron chi connectivity index (χ0n) is 15.1. The fraction of sp³-hybridized carbons (Fsp3) is 0.250. The molecule has 1 aromatic heterocycles. The Kier molecular flexibility index (Phi) is 6.09. The largest absolute Gasteiger partial charge is 0.497 e. The van der Waals surface area contributed by atoms with Crippen molar-refractivity contribution in [2.45, 2.75) is 6.54 Å². The van der Waals surface area contributed by atoms with Gasteiger partial charge in [-0.15, -0.1) is 11.3 Å². The highest BCUT2D eigenvalue weighted by molar-refractivity contribution is 7.07. The highest BCUT2D eigenvalue weighted by atomic mass is 32.1. The minimum atomic E-state index is 0.621. The molecule has 0 fully saturated rings. The van der Waals surface area contributed by atoms with Gasteiger partial charge in [-0.3, -0.25) is 0 Å². The zero-order valence-corrected chi connectivity index (χ0v) is 16.0. The summed E-state index contributed by atoms with van der Waals surface area (Å²) in [6.07, 6.45) is 0. The van der Waals surface area contributed by atoms with Gasteiger partial charge in [-0.25, -0.2) is 4.99 Å². The van der Waals surface area contributed by atoms with Gasteiger partial charge in [0.15, 0.2) is 4.80 Å². The topological polar surface area (TPSA) is 45.0 Å². The Hall–Kier alpha value is -2.57. The molecule has 0 spiro atoms. The van der Waals surface area contributed by atoms with Gasteiger partial charge in [0.05, 0.1) is 32.2 Å². The molecule has 0 aliphatic heterocycles. The Morgan fingerprint density at radius 3 is 2.08 bits per heavy atom. The van der Waals surface area contributed by atoms with E-state index in [9.17, 15) is 0 Å². The third kappa shape index (κ3) is 4.15. The van der Waals surface area contributed by atoms with Crippen molar-refractivity contribution in [3.05, 3.63) is 58.7 Å². The molecule has 3 aromatic rings. The van der Waals surface area contributed by atoms with Crippen LogP contribution in [0, 0.1) is 0 Å². The summed E-state index contributed by atoms with van der Waals surface area (Å²) in [5.74, 6) is 1.66. The molecule has 0 atom stereocenters. The molecule has 26 heavy (non-hydrogen) atoms. The van der Waals surface area contributed by atoms with E-state index >= 15 is 0 Å². The molecule has 0 radical (unpaired) electrons. The van der Waals surface area contributed by atoms with Gasteiger partial charge in [0.2, 0.25) is 0 Å². The number of thiazole rings is 1. The van der Waals surface area contributed by atoms with E-state index in [-0.39, 0.29) is 0 Å².